The minimum absolute atomic E-state index is 0.239. The SMILES string of the molecule is Cc1ccc2nc(SC(CN)C(F)(F)F)[nH]c2c1. The van der Waals surface area contributed by atoms with Crippen LogP contribution in [0.2, 0.25) is 0 Å². The predicted molar refractivity (Wildman–Crippen MR) is 65.6 cm³/mol. The zero-order valence-corrected chi connectivity index (χ0v) is 10.4. The molecule has 0 radical (unpaired) electrons. The van der Waals surface area contributed by atoms with Crippen molar-refractivity contribution in [1.82, 2.24) is 9.97 Å². The molecule has 1 unspecified atom stereocenters. The number of halogens is 3. The van der Waals surface area contributed by atoms with Crippen LogP contribution in [0.3, 0.4) is 0 Å². The number of nitrogens with one attached hydrogen (secondary N) is 1. The second-order valence-corrected chi connectivity index (χ2v) is 5.14. The van der Waals surface area contributed by atoms with Gasteiger partial charge in [0.1, 0.15) is 5.25 Å². The summed E-state index contributed by atoms with van der Waals surface area (Å²) in [5.74, 6) is 0. The van der Waals surface area contributed by atoms with Crippen molar-refractivity contribution in [3.8, 4) is 0 Å². The molecule has 1 atom stereocenters. The first-order valence-corrected chi connectivity index (χ1v) is 6.18. The summed E-state index contributed by atoms with van der Waals surface area (Å²) >= 11 is 0.611. The molecule has 0 aliphatic carbocycles. The van der Waals surface area contributed by atoms with E-state index in [2.05, 4.69) is 9.97 Å². The third-order valence-electron chi connectivity index (χ3n) is 2.45. The van der Waals surface area contributed by atoms with Gasteiger partial charge in [0.25, 0.3) is 0 Å². The van der Waals surface area contributed by atoms with Gasteiger partial charge in [0, 0.05) is 6.54 Å². The zero-order valence-electron chi connectivity index (χ0n) is 9.58. The number of benzene rings is 1. The average molecular weight is 275 g/mol. The van der Waals surface area contributed by atoms with Crippen LogP contribution in [0.4, 0.5) is 13.2 Å². The van der Waals surface area contributed by atoms with Crippen molar-refractivity contribution in [1.29, 1.82) is 0 Å². The van der Waals surface area contributed by atoms with Gasteiger partial charge in [-0.3, -0.25) is 0 Å². The summed E-state index contributed by atoms with van der Waals surface area (Å²) in [5.41, 5.74) is 7.55. The highest BCUT2D eigenvalue weighted by Crippen LogP contribution is 2.34. The molecule has 18 heavy (non-hydrogen) atoms. The van der Waals surface area contributed by atoms with E-state index in [1.165, 1.54) is 0 Å². The van der Waals surface area contributed by atoms with Gasteiger partial charge in [-0.25, -0.2) is 4.98 Å². The van der Waals surface area contributed by atoms with Crippen LogP contribution in [0.25, 0.3) is 11.0 Å². The number of aromatic nitrogens is 2. The van der Waals surface area contributed by atoms with Crippen molar-refractivity contribution in [2.24, 2.45) is 5.73 Å². The lowest BCUT2D eigenvalue weighted by molar-refractivity contribution is -0.126. The number of hydrogen-bond acceptors (Lipinski definition) is 3. The Morgan fingerprint density at radius 1 is 1.44 bits per heavy atom. The first-order valence-electron chi connectivity index (χ1n) is 5.30. The summed E-state index contributed by atoms with van der Waals surface area (Å²) in [7, 11) is 0. The number of nitrogens with two attached hydrogens (primary N) is 1. The van der Waals surface area contributed by atoms with E-state index in [1.807, 2.05) is 19.1 Å². The van der Waals surface area contributed by atoms with Crippen molar-refractivity contribution in [2.75, 3.05) is 6.54 Å². The molecule has 2 rings (SSSR count). The van der Waals surface area contributed by atoms with Gasteiger partial charge in [-0.1, -0.05) is 17.8 Å². The molecule has 0 aliphatic rings. The van der Waals surface area contributed by atoms with Gasteiger partial charge in [-0.15, -0.1) is 0 Å². The summed E-state index contributed by atoms with van der Waals surface area (Å²) in [4.78, 5) is 6.98. The van der Waals surface area contributed by atoms with Crippen molar-refractivity contribution >= 4 is 22.8 Å². The van der Waals surface area contributed by atoms with E-state index in [0.29, 0.717) is 17.3 Å². The minimum atomic E-state index is -4.33. The van der Waals surface area contributed by atoms with Gasteiger partial charge in [-0.2, -0.15) is 13.2 Å². The largest absolute Gasteiger partial charge is 0.402 e. The topological polar surface area (TPSA) is 54.7 Å². The first kappa shape index (κ1) is 13.2. The molecule has 0 amide bonds. The number of H-pyrrole nitrogens is 1. The highest BCUT2D eigenvalue weighted by atomic mass is 32.2. The van der Waals surface area contributed by atoms with E-state index in [1.54, 1.807) is 6.07 Å². The number of fused-ring (bicyclic) bond motifs is 1. The maximum absolute atomic E-state index is 12.6. The van der Waals surface area contributed by atoms with Gasteiger partial charge in [0.15, 0.2) is 5.16 Å². The van der Waals surface area contributed by atoms with Crippen molar-refractivity contribution in [3.05, 3.63) is 23.8 Å². The number of imidazole rings is 1. The number of rotatable bonds is 3. The lowest BCUT2D eigenvalue weighted by atomic mass is 10.2. The summed E-state index contributed by atoms with van der Waals surface area (Å²) in [6.45, 7) is 1.44. The Morgan fingerprint density at radius 3 is 2.78 bits per heavy atom. The number of hydrogen-bond donors (Lipinski definition) is 2. The summed E-state index contributed by atoms with van der Waals surface area (Å²) in [6, 6.07) is 5.48. The standard InChI is InChI=1S/C11H12F3N3S/c1-6-2-3-7-8(4-6)17-10(16-7)18-9(5-15)11(12,13)14/h2-4,9H,5,15H2,1H3,(H,16,17). The molecule has 3 nitrogen and oxygen atoms in total. The third-order valence-corrected chi connectivity index (χ3v) is 3.61. The Kier molecular flexibility index (Phi) is 3.54. The van der Waals surface area contributed by atoms with Crippen LogP contribution < -0.4 is 5.73 Å². The molecule has 1 heterocycles. The second-order valence-electron chi connectivity index (χ2n) is 3.95. The zero-order chi connectivity index (χ0) is 13.3. The molecular weight excluding hydrogens is 263 g/mol. The molecular formula is C11H12F3N3S. The van der Waals surface area contributed by atoms with E-state index in [0.717, 1.165) is 11.1 Å². The first-order chi connectivity index (χ1) is 8.40. The molecule has 0 saturated heterocycles. The van der Waals surface area contributed by atoms with Crippen molar-refractivity contribution in [3.63, 3.8) is 0 Å². The maximum Gasteiger partial charge on any atom is 0.402 e. The quantitative estimate of drug-likeness (QED) is 0.847. The van der Waals surface area contributed by atoms with E-state index in [-0.39, 0.29) is 5.16 Å². The minimum Gasteiger partial charge on any atom is -0.333 e. The molecule has 0 spiro atoms. The second kappa shape index (κ2) is 4.81. The number of nitrogens with zero attached hydrogens (tertiary/aromatic N) is 1. The molecule has 0 saturated carbocycles. The molecule has 0 fully saturated rings. The summed E-state index contributed by atoms with van der Waals surface area (Å²) in [6.07, 6.45) is -4.33. The van der Waals surface area contributed by atoms with Gasteiger partial charge >= 0.3 is 6.18 Å². The number of aryl methyl sites for hydroxylation is 1. The molecule has 2 aromatic rings. The lowest BCUT2D eigenvalue weighted by Gasteiger charge is -2.15. The van der Waals surface area contributed by atoms with E-state index in [9.17, 15) is 13.2 Å². The van der Waals surface area contributed by atoms with Crippen LogP contribution in [-0.2, 0) is 0 Å². The molecule has 1 aromatic carbocycles. The van der Waals surface area contributed by atoms with E-state index in [4.69, 9.17) is 5.73 Å². The average Bonchev–Trinajstić information content (AvgIpc) is 2.65. The number of alkyl halides is 3. The third kappa shape index (κ3) is 2.78. The lowest BCUT2D eigenvalue weighted by Crippen LogP contribution is -2.33. The predicted octanol–water partition coefficient (Wildman–Crippen LogP) is 2.85. The van der Waals surface area contributed by atoms with Crippen molar-refractivity contribution < 1.29 is 13.2 Å². The van der Waals surface area contributed by atoms with E-state index >= 15 is 0 Å². The fourth-order valence-electron chi connectivity index (χ4n) is 1.54. The Balaban J connectivity index is 2.26. The van der Waals surface area contributed by atoms with Gasteiger partial charge in [0.05, 0.1) is 11.0 Å². The summed E-state index contributed by atoms with van der Waals surface area (Å²) < 4.78 is 37.7. The van der Waals surface area contributed by atoms with E-state index < -0.39 is 18.0 Å². The Morgan fingerprint density at radius 2 is 2.17 bits per heavy atom. The molecule has 0 aliphatic heterocycles. The Labute approximate surface area is 106 Å². The van der Waals surface area contributed by atoms with Crippen LogP contribution in [0.15, 0.2) is 23.4 Å². The Bertz CT molecular complexity index is 550. The fraction of sp³-hybridized carbons (Fsp3) is 0.364. The number of aromatic amines is 1. The van der Waals surface area contributed by atoms with Crippen LogP contribution >= 0.6 is 11.8 Å². The van der Waals surface area contributed by atoms with Crippen LogP contribution in [0.1, 0.15) is 5.56 Å². The van der Waals surface area contributed by atoms with Gasteiger partial charge in [0.2, 0.25) is 0 Å². The van der Waals surface area contributed by atoms with Crippen LogP contribution in [0.5, 0.6) is 0 Å². The Hall–Kier alpha value is -1.21. The van der Waals surface area contributed by atoms with Crippen LogP contribution in [0, 0.1) is 6.92 Å². The smallest absolute Gasteiger partial charge is 0.333 e. The summed E-state index contributed by atoms with van der Waals surface area (Å²) in [5, 5.41) is -1.40. The highest BCUT2D eigenvalue weighted by Gasteiger charge is 2.40. The van der Waals surface area contributed by atoms with Gasteiger partial charge in [-0.05, 0) is 24.6 Å². The molecule has 1 aromatic heterocycles. The molecule has 3 N–H and O–H groups in total. The van der Waals surface area contributed by atoms with Crippen LogP contribution in [-0.4, -0.2) is 27.9 Å². The van der Waals surface area contributed by atoms with Crippen molar-refractivity contribution in [2.45, 2.75) is 23.5 Å². The highest BCUT2D eigenvalue weighted by molar-refractivity contribution is 7.99. The molecule has 98 valence electrons. The maximum atomic E-state index is 12.6. The fourth-order valence-corrected chi connectivity index (χ4v) is 2.36. The van der Waals surface area contributed by atoms with Gasteiger partial charge < -0.3 is 10.7 Å². The monoisotopic (exact) mass is 275 g/mol. The molecule has 0 bridgehead atoms. The normalized spacial score (nSPS) is 14.1. The molecule has 7 heteroatoms. The number of thioether (sulfide) groups is 1.